The molecule has 0 heterocycles. The monoisotopic (exact) mass is 229 g/mol. The first kappa shape index (κ1) is 11.6. The van der Waals surface area contributed by atoms with Crippen LogP contribution in [0.1, 0.15) is 26.3 Å². The Labute approximate surface area is 89.8 Å². The van der Waals surface area contributed by atoms with Gasteiger partial charge in [0.2, 0.25) is 0 Å². The molecule has 0 aromatic heterocycles. The zero-order valence-corrected chi connectivity index (χ0v) is 10.1. The minimum Gasteiger partial charge on any atom is -0.766 e. The van der Waals surface area contributed by atoms with E-state index in [0.29, 0.717) is 0 Å². The molecule has 1 aromatic rings. The average Bonchev–Trinajstić information content (AvgIpc) is 2.01. The summed E-state index contributed by atoms with van der Waals surface area (Å²) in [5.41, 5.74) is 1.13. The van der Waals surface area contributed by atoms with Crippen LogP contribution in [0, 0.1) is 0 Å². The maximum absolute atomic E-state index is 11.0. The van der Waals surface area contributed by atoms with Gasteiger partial charge in [0.05, 0.1) is 0 Å². The van der Waals surface area contributed by atoms with Crippen molar-refractivity contribution in [3.8, 4) is 0 Å². The maximum Gasteiger partial charge on any atom is 0.0281 e. The van der Waals surface area contributed by atoms with Crippen LogP contribution >= 0.6 is 0 Å². The normalized spacial score (nSPS) is 16.3. The molecule has 0 saturated carbocycles. The lowest BCUT2D eigenvalue weighted by Gasteiger charge is -2.20. The second-order valence-corrected chi connectivity index (χ2v) is 6.92. The van der Waals surface area contributed by atoms with Gasteiger partial charge in [0.1, 0.15) is 0 Å². The highest BCUT2D eigenvalue weighted by molar-refractivity contribution is 8.29. The van der Waals surface area contributed by atoms with Gasteiger partial charge in [-0.1, -0.05) is 32.9 Å². The smallest absolute Gasteiger partial charge is 0.0281 e. The standard InChI is InChI=1S/C10H14O2S2/c1-10(2,3)8-4-6-9(7-5-8)14(11,12)13/h4-7H,1-3H3,(H,11,12,13)/p-1. The highest BCUT2D eigenvalue weighted by atomic mass is 32.8. The third-order valence-corrected chi connectivity index (χ3v) is 3.44. The molecule has 0 radical (unpaired) electrons. The topological polar surface area (TPSA) is 40.1 Å². The van der Waals surface area contributed by atoms with Crippen molar-refractivity contribution in [2.45, 2.75) is 31.1 Å². The second kappa shape index (κ2) is 3.61. The summed E-state index contributed by atoms with van der Waals surface area (Å²) >= 11 is 4.36. The fourth-order valence-corrected chi connectivity index (χ4v) is 1.92. The van der Waals surface area contributed by atoms with Crippen LogP contribution in [0.3, 0.4) is 0 Å². The number of rotatable bonds is 1. The van der Waals surface area contributed by atoms with E-state index in [1.54, 1.807) is 24.3 Å². The molecule has 0 N–H and O–H groups in total. The molecule has 14 heavy (non-hydrogen) atoms. The number of benzene rings is 1. The van der Waals surface area contributed by atoms with E-state index in [9.17, 15) is 8.76 Å². The van der Waals surface area contributed by atoms with E-state index in [1.807, 2.05) is 0 Å². The van der Waals surface area contributed by atoms with E-state index in [-0.39, 0.29) is 10.3 Å². The van der Waals surface area contributed by atoms with Gasteiger partial charge in [-0.15, -0.1) is 0 Å². The molecule has 1 unspecified atom stereocenters. The van der Waals surface area contributed by atoms with E-state index in [0.717, 1.165) is 5.56 Å². The Balaban J connectivity index is 3.14. The Morgan fingerprint density at radius 2 is 1.64 bits per heavy atom. The highest BCUT2D eigenvalue weighted by Crippen LogP contribution is 2.23. The lowest BCUT2D eigenvalue weighted by Crippen LogP contribution is -2.11. The Kier molecular flexibility index (Phi) is 2.99. The van der Waals surface area contributed by atoms with Crippen molar-refractivity contribution in [3.63, 3.8) is 0 Å². The van der Waals surface area contributed by atoms with Crippen molar-refractivity contribution in [1.29, 1.82) is 0 Å². The molecule has 0 saturated heterocycles. The summed E-state index contributed by atoms with van der Waals surface area (Å²) in [6.45, 7) is 6.22. The molecule has 0 aliphatic carbocycles. The van der Waals surface area contributed by atoms with E-state index < -0.39 is 8.77 Å². The summed E-state index contributed by atoms with van der Waals surface area (Å²) in [6, 6.07) is 6.73. The van der Waals surface area contributed by atoms with Crippen molar-refractivity contribution >= 4 is 20.0 Å². The van der Waals surface area contributed by atoms with Gasteiger partial charge in [0, 0.05) is 4.90 Å². The Bertz CT molecular complexity index is 410. The van der Waals surface area contributed by atoms with Crippen LogP contribution in [0.2, 0.25) is 0 Å². The van der Waals surface area contributed by atoms with Gasteiger partial charge >= 0.3 is 0 Å². The largest absolute Gasteiger partial charge is 0.766 e. The van der Waals surface area contributed by atoms with Crippen LogP contribution in [0.15, 0.2) is 29.2 Å². The third kappa shape index (κ3) is 2.77. The molecule has 1 aromatic carbocycles. The predicted molar refractivity (Wildman–Crippen MR) is 59.7 cm³/mol. The molecule has 0 aliphatic heterocycles. The van der Waals surface area contributed by atoms with Crippen LogP contribution in [-0.4, -0.2) is 8.76 Å². The molecule has 0 fully saturated rings. The Morgan fingerprint density at radius 1 is 1.21 bits per heavy atom. The van der Waals surface area contributed by atoms with E-state index in [1.165, 1.54) is 0 Å². The summed E-state index contributed by atoms with van der Waals surface area (Å²) < 4.78 is 22.0. The van der Waals surface area contributed by atoms with Crippen LogP contribution in [0.4, 0.5) is 0 Å². The molecule has 2 nitrogen and oxygen atoms in total. The lowest BCUT2D eigenvalue weighted by molar-refractivity contribution is 0.534. The van der Waals surface area contributed by atoms with Crippen molar-refractivity contribution in [2.75, 3.05) is 0 Å². The summed E-state index contributed by atoms with van der Waals surface area (Å²) in [5.74, 6) is 0. The minimum atomic E-state index is -3.48. The molecule has 78 valence electrons. The number of hydrogen-bond acceptors (Lipinski definition) is 3. The van der Waals surface area contributed by atoms with Crippen molar-refractivity contribution in [3.05, 3.63) is 29.8 Å². The van der Waals surface area contributed by atoms with Crippen LogP contribution < -0.4 is 0 Å². The van der Waals surface area contributed by atoms with Gasteiger partial charge in [-0.2, -0.15) is 0 Å². The van der Waals surface area contributed by atoms with Gasteiger partial charge in [-0.3, -0.25) is 4.21 Å². The number of hydrogen-bond donors (Lipinski definition) is 0. The van der Waals surface area contributed by atoms with Gasteiger partial charge in [-0.25, -0.2) is 0 Å². The van der Waals surface area contributed by atoms with Crippen molar-refractivity contribution < 1.29 is 8.76 Å². The molecule has 0 spiro atoms. The molecular weight excluding hydrogens is 216 g/mol. The first-order chi connectivity index (χ1) is 6.21. The first-order valence-electron chi connectivity index (χ1n) is 4.28. The summed E-state index contributed by atoms with van der Waals surface area (Å²) in [7, 11) is -3.48. The lowest BCUT2D eigenvalue weighted by atomic mass is 9.87. The molecule has 0 aliphatic rings. The second-order valence-electron chi connectivity index (χ2n) is 4.23. The Morgan fingerprint density at radius 3 is 1.93 bits per heavy atom. The SMILES string of the molecule is CC(C)(C)c1ccc(S(=O)([O-])=S)cc1. The summed E-state index contributed by atoms with van der Waals surface area (Å²) in [6.07, 6.45) is 0. The minimum absolute atomic E-state index is 0.0315. The summed E-state index contributed by atoms with van der Waals surface area (Å²) in [5, 5.41) is 0. The zero-order chi connectivity index (χ0) is 11.0. The third-order valence-electron chi connectivity index (χ3n) is 2.01. The molecule has 1 atom stereocenters. The van der Waals surface area contributed by atoms with E-state index in [2.05, 4.69) is 32.0 Å². The fraction of sp³-hybridized carbons (Fsp3) is 0.400. The predicted octanol–water partition coefficient (Wildman–Crippen LogP) is 2.22. The fourth-order valence-electron chi connectivity index (χ4n) is 1.12. The summed E-state index contributed by atoms with van der Waals surface area (Å²) in [4.78, 5) is 0.195. The molecule has 4 heteroatoms. The zero-order valence-electron chi connectivity index (χ0n) is 8.44. The molecule has 0 bridgehead atoms. The van der Waals surface area contributed by atoms with E-state index in [4.69, 9.17) is 0 Å². The maximum atomic E-state index is 11.0. The van der Waals surface area contributed by atoms with Gasteiger partial charge in [0.25, 0.3) is 0 Å². The van der Waals surface area contributed by atoms with Crippen LogP contribution in [0.25, 0.3) is 0 Å². The Hall–Kier alpha value is -0.450. The molecular formula is C10H13O2S2-. The molecule has 0 amide bonds. The van der Waals surface area contributed by atoms with Gasteiger partial charge in [-0.05, 0) is 43.1 Å². The average molecular weight is 229 g/mol. The van der Waals surface area contributed by atoms with E-state index >= 15 is 0 Å². The van der Waals surface area contributed by atoms with Crippen LogP contribution in [0.5, 0.6) is 0 Å². The highest BCUT2D eigenvalue weighted by Gasteiger charge is 2.12. The first-order valence-corrected chi connectivity index (χ1v) is 6.68. The van der Waals surface area contributed by atoms with Gasteiger partial charge in [0.15, 0.2) is 0 Å². The quantitative estimate of drug-likeness (QED) is 0.741. The van der Waals surface area contributed by atoms with Crippen molar-refractivity contribution in [1.82, 2.24) is 0 Å². The van der Waals surface area contributed by atoms with Crippen LogP contribution in [-0.2, 0) is 25.4 Å². The van der Waals surface area contributed by atoms with Crippen molar-refractivity contribution in [2.24, 2.45) is 0 Å². The van der Waals surface area contributed by atoms with Gasteiger partial charge < -0.3 is 4.55 Å². The molecule has 1 rings (SSSR count).